The van der Waals surface area contributed by atoms with Crippen molar-refractivity contribution in [2.75, 3.05) is 19.4 Å². The van der Waals surface area contributed by atoms with E-state index in [1.807, 2.05) is 0 Å². The van der Waals surface area contributed by atoms with Gasteiger partial charge in [-0.25, -0.2) is 0 Å². The van der Waals surface area contributed by atoms with Gasteiger partial charge in [0.1, 0.15) is 5.75 Å². The van der Waals surface area contributed by atoms with Crippen LogP contribution in [0.1, 0.15) is 65.2 Å². The second kappa shape index (κ2) is 12.0. The Labute approximate surface area is 133 Å². The zero-order valence-electron chi connectivity index (χ0n) is 14.2. The second-order valence-electron chi connectivity index (χ2n) is 5.81. The fraction of sp³-hybridized carbons (Fsp3) is 0.684. The van der Waals surface area contributed by atoms with Crippen LogP contribution >= 0.6 is 7.92 Å². The Morgan fingerprint density at radius 3 is 1.71 bits per heavy atom. The minimum absolute atomic E-state index is 0.0381. The molecule has 0 radical (unpaired) electrons. The first kappa shape index (κ1) is 18.5. The SMILES string of the molecule is CCCCCCP(CCCCCC)c1ccc(OC)cc1. The number of rotatable bonds is 12. The van der Waals surface area contributed by atoms with Gasteiger partial charge in [0.25, 0.3) is 0 Å². The average molecular weight is 308 g/mol. The van der Waals surface area contributed by atoms with Crippen LogP contribution in [-0.4, -0.2) is 19.4 Å². The van der Waals surface area contributed by atoms with E-state index in [1.54, 1.807) is 12.4 Å². The van der Waals surface area contributed by atoms with Crippen LogP contribution in [0.2, 0.25) is 0 Å². The molecule has 0 aromatic heterocycles. The first-order chi connectivity index (χ1) is 10.3. The summed E-state index contributed by atoms with van der Waals surface area (Å²) in [5, 5.41) is 1.57. The summed E-state index contributed by atoms with van der Waals surface area (Å²) in [4.78, 5) is 0. The molecule has 0 aliphatic rings. The summed E-state index contributed by atoms with van der Waals surface area (Å²) in [6.07, 6.45) is 13.9. The summed E-state index contributed by atoms with van der Waals surface area (Å²) in [5.74, 6) is 0.977. The van der Waals surface area contributed by atoms with E-state index in [0.717, 1.165) is 5.75 Å². The number of benzene rings is 1. The van der Waals surface area contributed by atoms with Crippen LogP contribution in [-0.2, 0) is 0 Å². The van der Waals surface area contributed by atoms with Crippen molar-refractivity contribution in [2.24, 2.45) is 0 Å². The predicted molar refractivity (Wildman–Crippen MR) is 97.6 cm³/mol. The Kier molecular flexibility index (Phi) is 10.6. The van der Waals surface area contributed by atoms with Gasteiger partial charge in [-0.05, 0) is 42.6 Å². The molecule has 1 rings (SSSR count). The minimum Gasteiger partial charge on any atom is -0.497 e. The Morgan fingerprint density at radius 2 is 1.29 bits per heavy atom. The van der Waals surface area contributed by atoms with Crippen LogP contribution in [0.25, 0.3) is 0 Å². The van der Waals surface area contributed by atoms with Gasteiger partial charge in [0.15, 0.2) is 0 Å². The average Bonchev–Trinajstić information content (AvgIpc) is 2.53. The molecule has 0 bridgehead atoms. The van der Waals surface area contributed by atoms with E-state index in [1.165, 1.54) is 63.7 Å². The molecule has 1 aromatic carbocycles. The molecule has 0 N–H and O–H groups in total. The number of hydrogen-bond acceptors (Lipinski definition) is 1. The maximum absolute atomic E-state index is 5.28. The molecule has 1 aromatic rings. The molecule has 0 amide bonds. The van der Waals surface area contributed by atoms with Crippen molar-refractivity contribution in [1.82, 2.24) is 0 Å². The molecule has 0 saturated carbocycles. The van der Waals surface area contributed by atoms with Gasteiger partial charge in [0.05, 0.1) is 7.11 Å². The first-order valence-corrected chi connectivity index (χ1v) is 10.4. The molecule has 0 spiro atoms. The van der Waals surface area contributed by atoms with E-state index < -0.39 is 0 Å². The van der Waals surface area contributed by atoms with E-state index in [-0.39, 0.29) is 7.92 Å². The lowest BCUT2D eigenvalue weighted by Gasteiger charge is -2.18. The highest BCUT2D eigenvalue weighted by atomic mass is 31.1. The number of methoxy groups -OCH3 is 1. The van der Waals surface area contributed by atoms with Crippen LogP contribution in [0.4, 0.5) is 0 Å². The molecule has 0 aliphatic carbocycles. The smallest absolute Gasteiger partial charge is 0.118 e. The van der Waals surface area contributed by atoms with E-state index in [2.05, 4.69) is 38.1 Å². The van der Waals surface area contributed by atoms with Crippen LogP contribution in [0, 0.1) is 0 Å². The van der Waals surface area contributed by atoms with Gasteiger partial charge in [-0.15, -0.1) is 0 Å². The number of unbranched alkanes of at least 4 members (excludes halogenated alkanes) is 6. The number of hydrogen-bond donors (Lipinski definition) is 0. The van der Waals surface area contributed by atoms with Gasteiger partial charge < -0.3 is 4.74 Å². The lowest BCUT2D eigenvalue weighted by atomic mass is 10.2. The van der Waals surface area contributed by atoms with Crippen molar-refractivity contribution in [3.05, 3.63) is 24.3 Å². The summed E-state index contributed by atoms with van der Waals surface area (Å²) in [7, 11) is 1.78. The van der Waals surface area contributed by atoms with Crippen LogP contribution in [0.3, 0.4) is 0 Å². The third kappa shape index (κ3) is 7.86. The first-order valence-electron chi connectivity index (χ1n) is 8.70. The van der Waals surface area contributed by atoms with Crippen LogP contribution in [0.15, 0.2) is 24.3 Å². The van der Waals surface area contributed by atoms with Crippen molar-refractivity contribution < 1.29 is 4.74 Å². The van der Waals surface area contributed by atoms with Gasteiger partial charge >= 0.3 is 0 Å². The molecular formula is C19H33OP. The zero-order chi connectivity index (χ0) is 15.3. The largest absolute Gasteiger partial charge is 0.497 e. The Hall–Kier alpha value is -0.550. The van der Waals surface area contributed by atoms with Gasteiger partial charge in [0.2, 0.25) is 0 Å². The van der Waals surface area contributed by atoms with Crippen molar-refractivity contribution in [3.8, 4) is 5.75 Å². The molecule has 0 unspecified atom stereocenters. The zero-order valence-corrected chi connectivity index (χ0v) is 15.1. The number of ether oxygens (including phenoxy) is 1. The third-order valence-corrected chi connectivity index (χ3v) is 6.74. The molecule has 0 saturated heterocycles. The maximum atomic E-state index is 5.28. The van der Waals surface area contributed by atoms with E-state index >= 15 is 0 Å². The molecule has 0 aliphatic heterocycles. The van der Waals surface area contributed by atoms with Gasteiger partial charge in [-0.2, -0.15) is 0 Å². The van der Waals surface area contributed by atoms with Crippen molar-refractivity contribution in [2.45, 2.75) is 65.2 Å². The van der Waals surface area contributed by atoms with Gasteiger partial charge in [0, 0.05) is 0 Å². The Morgan fingerprint density at radius 1 is 0.762 bits per heavy atom. The third-order valence-electron chi connectivity index (χ3n) is 4.00. The monoisotopic (exact) mass is 308 g/mol. The fourth-order valence-electron chi connectivity index (χ4n) is 2.62. The molecule has 120 valence electrons. The Bertz CT molecular complexity index is 335. The fourth-order valence-corrected chi connectivity index (χ4v) is 5.14. The van der Waals surface area contributed by atoms with Gasteiger partial charge in [-0.3, -0.25) is 0 Å². The van der Waals surface area contributed by atoms with E-state index in [0.29, 0.717) is 0 Å². The summed E-state index contributed by atoms with van der Waals surface area (Å²) < 4.78 is 5.28. The molecule has 0 fully saturated rings. The summed E-state index contributed by atoms with van der Waals surface area (Å²) in [6.45, 7) is 4.58. The molecule has 21 heavy (non-hydrogen) atoms. The van der Waals surface area contributed by atoms with Crippen molar-refractivity contribution in [1.29, 1.82) is 0 Å². The second-order valence-corrected chi connectivity index (χ2v) is 8.30. The lowest BCUT2D eigenvalue weighted by molar-refractivity contribution is 0.415. The normalized spacial score (nSPS) is 11.0. The highest BCUT2D eigenvalue weighted by Crippen LogP contribution is 2.37. The molecule has 1 nitrogen and oxygen atoms in total. The Balaban J connectivity index is 2.51. The summed E-state index contributed by atoms with van der Waals surface area (Å²) >= 11 is 0. The summed E-state index contributed by atoms with van der Waals surface area (Å²) in [5.41, 5.74) is 0. The van der Waals surface area contributed by atoms with E-state index in [9.17, 15) is 0 Å². The highest BCUT2D eigenvalue weighted by molar-refractivity contribution is 7.65. The summed E-state index contributed by atoms with van der Waals surface area (Å²) in [6, 6.07) is 8.85. The highest BCUT2D eigenvalue weighted by Gasteiger charge is 2.10. The van der Waals surface area contributed by atoms with E-state index in [4.69, 9.17) is 4.74 Å². The molecule has 2 heteroatoms. The quantitative estimate of drug-likeness (QED) is 0.342. The van der Waals surface area contributed by atoms with Crippen molar-refractivity contribution >= 4 is 13.2 Å². The molecule has 0 heterocycles. The molecule has 0 atom stereocenters. The predicted octanol–water partition coefficient (Wildman–Crippen LogP) is 5.96. The van der Waals surface area contributed by atoms with Crippen LogP contribution < -0.4 is 10.0 Å². The lowest BCUT2D eigenvalue weighted by Crippen LogP contribution is -2.07. The topological polar surface area (TPSA) is 9.23 Å². The van der Waals surface area contributed by atoms with Crippen molar-refractivity contribution in [3.63, 3.8) is 0 Å². The standard InChI is InChI=1S/C19H33OP/c1-4-6-8-10-16-21(17-11-9-7-5-2)19-14-12-18(20-3)13-15-19/h12-15H,4-11,16-17H2,1-3H3. The van der Waals surface area contributed by atoms with Crippen LogP contribution in [0.5, 0.6) is 5.75 Å². The maximum Gasteiger partial charge on any atom is 0.118 e. The minimum atomic E-state index is 0.0381. The molecular weight excluding hydrogens is 275 g/mol. The van der Waals surface area contributed by atoms with Gasteiger partial charge in [-0.1, -0.05) is 72.4 Å².